The summed E-state index contributed by atoms with van der Waals surface area (Å²) in [5, 5.41) is 12.1. The highest BCUT2D eigenvalue weighted by Gasteiger charge is 2.71. The number of carbonyl (C=O) groups is 2. The molecule has 3 aromatic rings. The van der Waals surface area contributed by atoms with Crippen LogP contribution >= 0.6 is 0 Å². The zero-order chi connectivity index (χ0) is 28.3. The van der Waals surface area contributed by atoms with Gasteiger partial charge in [0.1, 0.15) is 23.8 Å². The fourth-order valence-corrected chi connectivity index (χ4v) is 3.80. The largest absolute Gasteiger partial charge is 0.468 e. The minimum Gasteiger partial charge on any atom is -0.468 e. The Morgan fingerprint density at radius 3 is 2.03 bits per heavy atom. The first-order valence-corrected chi connectivity index (χ1v) is 11.2. The number of alkyl halides is 6. The highest BCUT2D eigenvalue weighted by molar-refractivity contribution is 6.00. The van der Waals surface area contributed by atoms with E-state index in [0.29, 0.717) is 24.1 Å². The normalized spacial score (nSPS) is 12.3. The number of nitrogens with zero attached hydrogens (tertiary/aromatic N) is 2. The van der Waals surface area contributed by atoms with E-state index >= 15 is 0 Å². The van der Waals surface area contributed by atoms with Crippen LogP contribution in [0.15, 0.2) is 54.6 Å². The van der Waals surface area contributed by atoms with Crippen LogP contribution in [-0.4, -0.2) is 52.5 Å². The number of esters is 1. The van der Waals surface area contributed by atoms with Crippen molar-refractivity contribution in [3.8, 4) is 22.6 Å². The highest BCUT2D eigenvalue weighted by Crippen LogP contribution is 2.50. The van der Waals surface area contributed by atoms with Crippen LogP contribution in [0.5, 0.6) is 0 Å². The number of halogens is 6. The van der Waals surface area contributed by atoms with E-state index in [1.807, 2.05) is 0 Å². The third-order valence-electron chi connectivity index (χ3n) is 5.68. The smallest absolute Gasteiger partial charge is 0.430 e. The molecule has 0 fully saturated rings. The lowest BCUT2D eigenvalue weighted by molar-refractivity contribution is -0.376. The summed E-state index contributed by atoms with van der Waals surface area (Å²) in [7, 11) is 1.14. The highest BCUT2D eigenvalue weighted by atomic mass is 19.4. The van der Waals surface area contributed by atoms with E-state index in [0.717, 1.165) is 19.2 Å². The average Bonchev–Trinajstić information content (AvgIpc) is 3.25. The van der Waals surface area contributed by atoms with E-state index in [1.165, 1.54) is 4.57 Å². The molecule has 0 aliphatic carbocycles. The molecular weight excluding hydrogens is 520 g/mol. The molecule has 1 amide bonds. The number of benzene rings is 2. The van der Waals surface area contributed by atoms with Crippen LogP contribution in [0.3, 0.4) is 0 Å². The second kappa shape index (κ2) is 10.9. The van der Waals surface area contributed by atoms with Gasteiger partial charge in [-0.1, -0.05) is 61.5 Å². The Morgan fingerprint density at radius 2 is 1.53 bits per heavy atom. The molecule has 2 N–H and O–H groups in total. The lowest BCUT2D eigenvalue weighted by Crippen LogP contribution is -2.53. The van der Waals surface area contributed by atoms with Gasteiger partial charge in [0, 0.05) is 23.2 Å². The number of rotatable bonds is 8. The number of nitrogens with one attached hydrogen (secondary N) is 1. The zero-order valence-corrected chi connectivity index (χ0v) is 20.2. The van der Waals surface area contributed by atoms with Crippen LogP contribution in [0, 0.1) is 0 Å². The molecule has 0 radical (unpaired) electrons. The molecule has 0 spiro atoms. The summed E-state index contributed by atoms with van der Waals surface area (Å²) in [6.07, 6.45) is -11.6. The summed E-state index contributed by atoms with van der Waals surface area (Å²) in [6.45, 7) is 1.54. The van der Waals surface area contributed by atoms with Crippen molar-refractivity contribution in [1.82, 2.24) is 14.9 Å². The Morgan fingerprint density at radius 1 is 0.947 bits per heavy atom. The maximum Gasteiger partial charge on any atom is 0.430 e. The Bertz CT molecular complexity index is 1270. The van der Waals surface area contributed by atoms with Crippen LogP contribution < -0.4 is 5.32 Å². The van der Waals surface area contributed by atoms with E-state index in [1.54, 1.807) is 37.3 Å². The Kier molecular flexibility index (Phi) is 8.20. The first kappa shape index (κ1) is 28.7. The topological polar surface area (TPSA) is 93.5 Å². The van der Waals surface area contributed by atoms with Crippen LogP contribution in [0.1, 0.15) is 29.4 Å². The van der Waals surface area contributed by atoms with Gasteiger partial charge in [-0.05, 0) is 6.42 Å². The molecule has 0 aliphatic heterocycles. The number of methoxy groups -OCH3 is 1. The van der Waals surface area contributed by atoms with Gasteiger partial charge in [0.25, 0.3) is 11.5 Å². The Hall–Kier alpha value is -3.87. The monoisotopic (exact) mass is 543 g/mol. The number of aliphatic hydroxyl groups is 1. The second-order valence-corrected chi connectivity index (χ2v) is 8.19. The minimum atomic E-state index is -6.03. The number of imidazole rings is 1. The zero-order valence-electron chi connectivity index (χ0n) is 20.2. The van der Waals surface area contributed by atoms with Crippen molar-refractivity contribution < 1.29 is 45.8 Å². The fraction of sp³-hybridized carbons (Fsp3) is 0.320. The summed E-state index contributed by atoms with van der Waals surface area (Å²) in [5.74, 6) is -1.32. The first-order chi connectivity index (χ1) is 17.8. The van der Waals surface area contributed by atoms with E-state index < -0.39 is 41.9 Å². The number of hydrogen-bond donors (Lipinski definition) is 2. The van der Waals surface area contributed by atoms with E-state index in [9.17, 15) is 41.0 Å². The molecule has 204 valence electrons. The van der Waals surface area contributed by atoms with Crippen molar-refractivity contribution >= 4 is 11.9 Å². The molecule has 38 heavy (non-hydrogen) atoms. The number of ether oxygens (including phenoxy) is 1. The van der Waals surface area contributed by atoms with Crippen LogP contribution in [-0.2, 0) is 21.7 Å². The van der Waals surface area contributed by atoms with Crippen LogP contribution in [0.25, 0.3) is 22.6 Å². The summed E-state index contributed by atoms with van der Waals surface area (Å²) in [5.41, 5.74) is -5.68. The van der Waals surface area contributed by atoms with Crippen molar-refractivity contribution in [1.29, 1.82) is 0 Å². The van der Waals surface area contributed by atoms with E-state index in [2.05, 4.69) is 15.0 Å². The third kappa shape index (κ3) is 5.37. The predicted molar refractivity (Wildman–Crippen MR) is 124 cm³/mol. The van der Waals surface area contributed by atoms with Gasteiger partial charge in [0.15, 0.2) is 0 Å². The molecule has 0 saturated carbocycles. The molecule has 1 heterocycles. The molecule has 3 rings (SSSR count). The predicted octanol–water partition coefficient (Wildman–Crippen LogP) is 4.84. The van der Waals surface area contributed by atoms with Gasteiger partial charge < -0.3 is 19.7 Å². The first-order valence-electron chi connectivity index (χ1n) is 11.2. The molecule has 0 aliphatic rings. The SMILES string of the molecule is CCCn1c(-c2ccc(C(O)(C(F)(F)F)C(F)(F)F)cc2)nc(-c2ccccc2)c1C(=O)NCC(=O)OC. The van der Waals surface area contributed by atoms with Crippen LogP contribution in [0.2, 0.25) is 0 Å². The maximum atomic E-state index is 13.3. The molecule has 7 nitrogen and oxygen atoms in total. The van der Waals surface area contributed by atoms with Crippen molar-refractivity contribution in [2.75, 3.05) is 13.7 Å². The van der Waals surface area contributed by atoms with Crippen molar-refractivity contribution in [3.05, 3.63) is 65.9 Å². The molecular formula is C25H23F6N3O4. The van der Waals surface area contributed by atoms with Gasteiger partial charge in [0.2, 0.25) is 0 Å². The lowest BCUT2D eigenvalue weighted by atomic mass is 9.91. The van der Waals surface area contributed by atoms with Crippen molar-refractivity contribution in [2.45, 2.75) is 37.8 Å². The summed E-state index contributed by atoms with van der Waals surface area (Å²) in [6, 6.07) is 11.4. The molecule has 0 atom stereocenters. The summed E-state index contributed by atoms with van der Waals surface area (Å²) >= 11 is 0. The Labute approximate surface area is 213 Å². The number of hydrogen-bond acceptors (Lipinski definition) is 5. The molecule has 0 saturated heterocycles. The quantitative estimate of drug-likeness (QED) is 0.313. The van der Waals surface area contributed by atoms with Gasteiger partial charge in [-0.15, -0.1) is 0 Å². The van der Waals surface area contributed by atoms with Crippen molar-refractivity contribution in [3.63, 3.8) is 0 Å². The Balaban J connectivity index is 2.18. The lowest BCUT2D eigenvalue weighted by Gasteiger charge is -2.32. The van der Waals surface area contributed by atoms with Gasteiger partial charge >= 0.3 is 18.3 Å². The maximum absolute atomic E-state index is 13.3. The fourth-order valence-electron chi connectivity index (χ4n) is 3.80. The van der Waals surface area contributed by atoms with Gasteiger partial charge in [0.05, 0.1) is 7.11 Å². The molecule has 2 aromatic carbocycles. The number of amides is 1. The number of aromatic nitrogens is 2. The summed E-state index contributed by atoms with van der Waals surface area (Å²) in [4.78, 5) is 29.2. The van der Waals surface area contributed by atoms with Crippen LogP contribution in [0.4, 0.5) is 26.3 Å². The number of carbonyl (C=O) groups excluding carboxylic acids is 2. The standard InChI is InChI=1S/C25H23F6N3O4/c1-3-13-34-20(22(36)32-14-18(35)38-2)19(15-7-5-4-6-8-15)33-21(34)16-9-11-17(12-10-16)23(37,24(26,27)28)25(29,30)31/h4-12,37H,3,13-14H2,1-2H3,(H,32,36). The van der Waals surface area contributed by atoms with E-state index in [4.69, 9.17) is 0 Å². The molecule has 1 aromatic heterocycles. The van der Waals surface area contributed by atoms with Gasteiger partial charge in [-0.25, -0.2) is 4.98 Å². The third-order valence-corrected chi connectivity index (χ3v) is 5.68. The van der Waals surface area contributed by atoms with E-state index in [-0.39, 0.29) is 29.3 Å². The average molecular weight is 543 g/mol. The van der Waals surface area contributed by atoms with Gasteiger partial charge in [-0.3, -0.25) is 9.59 Å². The summed E-state index contributed by atoms with van der Waals surface area (Å²) < 4.78 is 85.8. The van der Waals surface area contributed by atoms with Gasteiger partial charge in [-0.2, -0.15) is 26.3 Å². The molecule has 0 unspecified atom stereocenters. The second-order valence-electron chi connectivity index (χ2n) is 8.19. The van der Waals surface area contributed by atoms with Crippen molar-refractivity contribution in [2.24, 2.45) is 0 Å². The molecule has 13 heteroatoms. The minimum absolute atomic E-state index is 0.0307. The molecule has 0 bridgehead atoms.